The highest BCUT2D eigenvalue weighted by molar-refractivity contribution is 5.89. The Kier molecular flexibility index (Phi) is 22.8. The molecule has 0 aliphatic carbocycles. The Bertz CT molecular complexity index is 572. The molecule has 4 N–H and O–H groups in total. The van der Waals surface area contributed by atoms with Crippen LogP contribution in [-0.2, 0) is 12.8 Å². The number of aromatic carboxylic acids is 1. The van der Waals surface area contributed by atoms with Gasteiger partial charge in [0.05, 0.1) is 12.2 Å². The minimum Gasteiger partial charge on any atom is -0.478 e. The number of rotatable bonds is 20. The summed E-state index contributed by atoms with van der Waals surface area (Å²) >= 11 is 0. The zero-order valence-electron chi connectivity index (χ0n) is 21.8. The summed E-state index contributed by atoms with van der Waals surface area (Å²) in [6, 6.07) is 5.71. The van der Waals surface area contributed by atoms with Crippen molar-refractivity contribution in [3.63, 3.8) is 0 Å². The highest BCUT2D eigenvalue weighted by Gasteiger charge is 2.12. The third-order valence-corrected chi connectivity index (χ3v) is 6.29. The minimum absolute atomic E-state index is 0.0972. The van der Waals surface area contributed by atoms with Gasteiger partial charge in [-0.2, -0.15) is 0 Å². The summed E-state index contributed by atoms with van der Waals surface area (Å²) in [5.41, 5.74) is 7.55. The zero-order chi connectivity index (χ0) is 24.6. The number of hydrogen-bond acceptors (Lipinski definition) is 3. The molecule has 1 rings (SSSR count). The maximum Gasteiger partial charge on any atom is 0.335 e. The van der Waals surface area contributed by atoms with Gasteiger partial charge in [-0.1, -0.05) is 122 Å². The topological polar surface area (TPSA) is 83.5 Å². The fourth-order valence-corrected chi connectivity index (χ4v) is 4.31. The molecular formula is C29H53NO3. The van der Waals surface area contributed by atoms with Gasteiger partial charge in [0.1, 0.15) is 0 Å². The van der Waals surface area contributed by atoms with Gasteiger partial charge in [0.2, 0.25) is 0 Å². The van der Waals surface area contributed by atoms with Crippen LogP contribution in [0.1, 0.15) is 138 Å². The largest absolute Gasteiger partial charge is 0.478 e. The lowest BCUT2D eigenvalue weighted by molar-refractivity contribution is 0.0695. The molecule has 0 fully saturated rings. The van der Waals surface area contributed by atoms with E-state index in [1.807, 2.05) is 6.07 Å². The molecule has 0 aromatic heterocycles. The number of aliphatic hydroxyl groups excluding tert-OH is 1. The predicted octanol–water partition coefficient (Wildman–Crippen LogP) is 7.69. The molecule has 4 heteroatoms. The van der Waals surface area contributed by atoms with Crippen molar-refractivity contribution in [1.82, 2.24) is 0 Å². The lowest BCUT2D eigenvalue weighted by atomic mass is 9.94. The molecule has 0 bridgehead atoms. The molecule has 0 unspecified atom stereocenters. The normalized spacial score (nSPS) is 10.7. The van der Waals surface area contributed by atoms with Gasteiger partial charge in [-0.25, -0.2) is 4.79 Å². The molecular weight excluding hydrogens is 410 g/mol. The van der Waals surface area contributed by atoms with E-state index in [2.05, 4.69) is 19.9 Å². The zero-order valence-corrected chi connectivity index (χ0v) is 21.8. The summed E-state index contributed by atoms with van der Waals surface area (Å²) in [5, 5.41) is 17.2. The van der Waals surface area contributed by atoms with Crippen molar-refractivity contribution in [2.45, 2.75) is 129 Å². The highest BCUT2D eigenvalue weighted by Crippen LogP contribution is 2.20. The van der Waals surface area contributed by atoms with E-state index >= 15 is 0 Å². The number of benzene rings is 1. The number of unbranched alkanes of at least 4 members (excludes halogenated alkanes) is 15. The summed E-state index contributed by atoms with van der Waals surface area (Å²) in [7, 11) is 0. The predicted molar refractivity (Wildman–Crippen MR) is 142 cm³/mol. The molecule has 0 saturated carbocycles. The Balaban J connectivity index is 0.00000235. The average molecular weight is 464 g/mol. The molecule has 0 atom stereocenters. The summed E-state index contributed by atoms with van der Waals surface area (Å²) in [6.45, 7) is 4.86. The molecule has 0 heterocycles. The Morgan fingerprint density at radius 3 is 1.55 bits per heavy atom. The third kappa shape index (κ3) is 17.7. The molecule has 4 nitrogen and oxygen atoms in total. The van der Waals surface area contributed by atoms with Crippen molar-refractivity contribution < 1.29 is 15.0 Å². The molecule has 0 saturated heterocycles. The Morgan fingerprint density at radius 1 is 0.758 bits per heavy atom. The van der Waals surface area contributed by atoms with Crippen LogP contribution < -0.4 is 5.73 Å². The second kappa shape index (κ2) is 23.8. The summed E-state index contributed by atoms with van der Waals surface area (Å²) in [4.78, 5) is 11.5. The molecule has 0 aliphatic heterocycles. The molecule has 0 aliphatic rings. The number of carboxylic acids is 1. The number of hydrogen-bond donors (Lipinski definition) is 3. The molecule has 0 radical (unpaired) electrons. The van der Waals surface area contributed by atoms with Crippen LogP contribution in [0.2, 0.25) is 0 Å². The van der Waals surface area contributed by atoms with Crippen molar-refractivity contribution >= 4 is 5.97 Å². The van der Waals surface area contributed by atoms with Crippen LogP contribution in [0.15, 0.2) is 18.2 Å². The maximum absolute atomic E-state index is 11.5. The van der Waals surface area contributed by atoms with Crippen LogP contribution in [0.4, 0.5) is 0 Å². The monoisotopic (exact) mass is 463 g/mol. The van der Waals surface area contributed by atoms with E-state index < -0.39 is 5.97 Å². The highest BCUT2D eigenvalue weighted by atomic mass is 16.4. The number of carboxylic acid groups (broad SMARTS) is 1. The van der Waals surface area contributed by atoms with Crippen molar-refractivity contribution in [1.29, 1.82) is 0 Å². The first-order valence-electron chi connectivity index (χ1n) is 13.8. The number of nitrogens with two attached hydrogens (primary N) is 1. The van der Waals surface area contributed by atoms with E-state index in [1.54, 1.807) is 6.07 Å². The SMILES string of the molecule is CCCCCCCCCCCCCCCCCCc1c(CC)cccc1C(=O)O.NCCO. The Labute approximate surface area is 204 Å². The van der Waals surface area contributed by atoms with Gasteiger partial charge >= 0.3 is 5.97 Å². The molecule has 33 heavy (non-hydrogen) atoms. The summed E-state index contributed by atoms with van der Waals surface area (Å²) in [6.07, 6.45) is 23.7. The Hall–Kier alpha value is -1.39. The number of aliphatic hydroxyl groups is 1. The summed E-state index contributed by atoms with van der Waals surface area (Å²) < 4.78 is 0. The molecule has 1 aromatic carbocycles. The first kappa shape index (κ1) is 31.6. The van der Waals surface area contributed by atoms with Crippen LogP contribution in [0.3, 0.4) is 0 Å². The molecule has 192 valence electrons. The molecule has 0 spiro atoms. The van der Waals surface area contributed by atoms with Gasteiger partial charge in [0.25, 0.3) is 0 Å². The van der Waals surface area contributed by atoms with E-state index in [9.17, 15) is 9.90 Å². The number of carbonyl (C=O) groups is 1. The third-order valence-electron chi connectivity index (χ3n) is 6.29. The fourth-order valence-electron chi connectivity index (χ4n) is 4.31. The van der Waals surface area contributed by atoms with Crippen LogP contribution in [0.25, 0.3) is 0 Å². The minimum atomic E-state index is -0.785. The van der Waals surface area contributed by atoms with Crippen molar-refractivity contribution in [3.05, 3.63) is 34.9 Å². The van der Waals surface area contributed by atoms with Crippen LogP contribution >= 0.6 is 0 Å². The van der Waals surface area contributed by atoms with Gasteiger partial charge < -0.3 is 15.9 Å². The maximum atomic E-state index is 11.5. The van der Waals surface area contributed by atoms with E-state index in [0.29, 0.717) is 12.1 Å². The average Bonchev–Trinajstić information content (AvgIpc) is 2.83. The smallest absolute Gasteiger partial charge is 0.335 e. The first-order valence-corrected chi connectivity index (χ1v) is 13.8. The van der Waals surface area contributed by atoms with E-state index in [-0.39, 0.29) is 6.61 Å². The Morgan fingerprint density at radius 2 is 1.18 bits per heavy atom. The molecule has 0 amide bonds. The van der Waals surface area contributed by atoms with Crippen molar-refractivity contribution in [3.8, 4) is 0 Å². The second-order valence-corrected chi connectivity index (χ2v) is 9.17. The van der Waals surface area contributed by atoms with Gasteiger partial charge in [-0.3, -0.25) is 0 Å². The van der Waals surface area contributed by atoms with Crippen molar-refractivity contribution in [2.24, 2.45) is 5.73 Å². The van der Waals surface area contributed by atoms with Gasteiger partial charge in [-0.15, -0.1) is 0 Å². The standard InChI is InChI=1S/C27H46O2.C2H7NO/c1-3-5-6-7-8-9-10-11-12-13-14-15-16-17-18-19-22-25-24(4-2)21-20-23-26(25)27(28)29;3-1-2-4/h20-21,23H,3-19,22H2,1-2H3,(H,28,29);4H,1-3H2. The van der Waals surface area contributed by atoms with E-state index in [0.717, 1.165) is 24.8 Å². The van der Waals surface area contributed by atoms with E-state index in [4.69, 9.17) is 10.8 Å². The second-order valence-electron chi connectivity index (χ2n) is 9.17. The first-order chi connectivity index (χ1) is 16.1. The summed E-state index contributed by atoms with van der Waals surface area (Å²) in [5.74, 6) is -0.785. The quantitative estimate of drug-likeness (QED) is 0.173. The van der Waals surface area contributed by atoms with Gasteiger partial charge in [-0.05, 0) is 36.5 Å². The lowest BCUT2D eigenvalue weighted by Crippen LogP contribution is -2.06. The van der Waals surface area contributed by atoms with Crippen LogP contribution in [0, 0.1) is 0 Å². The fraction of sp³-hybridized carbons (Fsp3) is 0.759. The van der Waals surface area contributed by atoms with Gasteiger partial charge in [0, 0.05) is 6.54 Å². The van der Waals surface area contributed by atoms with Crippen LogP contribution in [0.5, 0.6) is 0 Å². The van der Waals surface area contributed by atoms with E-state index in [1.165, 1.54) is 102 Å². The van der Waals surface area contributed by atoms with Crippen LogP contribution in [-0.4, -0.2) is 29.3 Å². The van der Waals surface area contributed by atoms with Gasteiger partial charge in [0.15, 0.2) is 0 Å². The number of aryl methyl sites for hydroxylation is 1. The lowest BCUT2D eigenvalue weighted by Gasteiger charge is -2.11. The molecule has 1 aromatic rings. The van der Waals surface area contributed by atoms with Crippen molar-refractivity contribution in [2.75, 3.05) is 13.2 Å².